The number of nitrogens with one attached hydrogen (secondary N) is 1. The maximum Gasteiger partial charge on any atom is 0.336 e. The minimum atomic E-state index is -1.04. The lowest BCUT2D eigenvalue weighted by Crippen LogP contribution is -2.54. The molecule has 1 fully saturated rings. The number of anilines is 1. The highest BCUT2D eigenvalue weighted by Crippen LogP contribution is 2.36. The molecule has 3 rings (SSSR count). The molecule has 0 saturated carbocycles. The number of nitrogens with zero attached hydrogens (tertiary/aromatic N) is 1. The van der Waals surface area contributed by atoms with E-state index in [1.165, 1.54) is 57.7 Å². The van der Waals surface area contributed by atoms with Crippen LogP contribution in [0.5, 0.6) is 17.2 Å². The van der Waals surface area contributed by atoms with Gasteiger partial charge in [-0.05, 0) is 24.3 Å². The first kappa shape index (κ1) is 19.9. The molecule has 8 nitrogen and oxygen atoms in total. The normalized spacial score (nSPS) is 15.4. The number of methoxy groups -OCH3 is 3. The van der Waals surface area contributed by atoms with Gasteiger partial charge in [0.15, 0.2) is 11.5 Å². The molecule has 2 aromatic rings. The maximum absolute atomic E-state index is 14.1. The number of carbonyl (C=O) groups is 3. The third kappa shape index (κ3) is 3.62. The SMILES string of the molecule is COc1cc(OC)c(OC)cc1C=C1C(=O)NC(=O)N(c2ccccc2F)C1=O. The second-order valence-electron chi connectivity index (χ2n) is 5.86. The number of benzene rings is 2. The summed E-state index contributed by atoms with van der Waals surface area (Å²) in [6.07, 6.45) is 1.23. The lowest BCUT2D eigenvalue weighted by atomic mass is 10.1. The van der Waals surface area contributed by atoms with E-state index in [-0.39, 0.29) is 11.3 Å². The molecule has 0 atom stereocenters. The summed E-state index contributed by atoms with van der Waals surface area (Å²) in [5.74, 6) is -1.65. The minimum absolute atomic E-state index is 0.271. The Morgan fingerprint density at radius 3 is 2.17 bits per heavy atom. The molecule has 0 spiro atoms. The smallest absolute Gasteiger partial charge is 0.336 e. The average Bonchev–Trinajstić information content (AvgIpc) is 2.71. The zero-order chi connectivity index (χ0) is 21.1. The summed E-state index contributed by atoms with van der Waals surface area (Å²) in [6, 6.07) is 7.24. The van der Waals surface area contributed by atoms with E-state index in [9.17, 15) is 18.8 Å². The molecule has 0 unspecified atom stereocenters. The van der Waals surface area contributed by atoms with Crippen LogP contribution in [0.2, 0.25) is 0 Å². The van der Waals surface area contributed by atoms with Crippen molar-refractivity contribution in [2.45, 2.75) is 0 Å². The molecule has 1 aliphatic rings. The van der Waals surface area contributed by atoms with Gasteiger partial charge in [-0.3, -0.25) is 14.9 Å². The van der Waals surface area contributed by atoms with E-state index in [1.54, 1.807) is 0 Å². The second-order valence-corrected chi connectivity index (χ2v) is 5.86. The van der Waals surface area contributed by atoms with Crippen molar-refractivity contribution in [2.24, 2.45) is 0 Å². The van der Waals surface area contributed by atoms with E-state index < -0.39 is 23.7 Å². The number of amides is 4. The van der Waals surface area contributed by atoms with E-state index in [0.29, 0.717) is 27.7 Å². The molecule has 0 aromatic heterocycles. The summed E-state index contributed by atoms with van der Waals surface area (Å²) in [4.78, 5) is 38.0. The molecular formula is C20H17FN2O6. The second kappa shape index (κ2) is 8.01. The topological polar surface area (TPSA) is 94.2 Å². The lowest BCUT2D eigenvalue weighted by molar-refractivity contribution is -0.122. The third-order valence-electron chi connectivity index (χ3n) is 4.23. The number of carbonyl (C=O) groups excluding carboxylic acids is 3. The largest absolute Gasteiger partial charge is 0.496 e. The van der Waals surface area contributed by atoms with Crippen LogP contribution in [0.1, 0.15) is 5.56 Å². The first-order chi connectivity index (χ1) is 13.9. The maximum atomic E-state index is 14.1. The molecule has 4 amide bonds. The molecule has 0 radical (unpaired) electrons. The highest BCUT2D eigenvalue weighted by Gasteiger charge is 2.38. The molecular weight excluding hydrogens is 383 g/mol. The van der Waals surface area contributed by atoms with E-state index in [4.69, 9.17) is 14.2 Å². The van der Waals surface area contributed by atoms with Crippen molar-refractivity contribution >= 4 is 29.6 Å². The fourth-order valence-electron chi connectivity index (χ4n) is 2.83. The first-order valence-corrected chi connectivity index (χ1v) is 8.37. The van der Waals surface area contributed by atoms with Crippen molar-refractivity contribution in [3.8, 4) is 17.2 Å². The number of rotatable bonds is 5. The van der Waals surface area contributed by atoms with Crippen LogP contribution in [-0.2, 0) is 9.59 Å². The Morgan fingerprint density at radius 2 is 1.55 bits per heavy atom. The number of barbiturate groups is 1. The number of ether oxygens (including phenoxy) is 3. The van der Waals surface area contributed by atoms with Gasteiger partial charge < -0.3 is 14.2 Å². The average molecular weight is 400 g/mol. The number of urea groups is 1. The van der Waals surface area contributed by atoms with Crippen LogP contribution in [0, 0.1) is 5.82 Å². The Hall–Kier alpha value is -3.88. The zero-order valence-corrected chi connectivity index (χ0v) is 15.8. The highest BCUT2D eigenvalue weighted by molar-refractivity contribution is 6.39. The monoisotopic (exact) mass is 400 g/mol. The Morgan fingerprint density at radius 1 is 0.931 bits per heavy atom. The van der Waals surface area contributed by atoms with Crippen LogP contribution in [0.3, 0.4) is 0 Å². The molecule has 1 N–H and O–H groups in total. The van der Waals surface area contributed by atoms with Gasteiger partial charge in [0.25, 0.3) is 11.8 Å². The van der Waals surface area contributed by atoms with Crippen LogP contribution >= 0.6 is 0 Å². The van der Waals surface area contributed by atoms with Crippen LogP contribution in [-0.4, -0.2) is 39.2 Å². The third-order valence-corrected chi connectivity index (χ3v) is 4.23. The van der Waals surface area contributed by atoms with Crippen molar-refractivity contribution in [3.05, 3.63) is 53.4 Å². The van der Waals surface area contributed by atoms with Gasteiger partial charge >= 0.3 is 6.03 Å². The van der Waals surface area contributed by atoms with Gasteiger partial charge in [0.1, 0.15) is 17.1 Å². The lowest BCUT2D eigenvalue weighted by Gasteiger charge is -2.26. The fraction of sp³-hybridized carbons (Fsp3) is 0.150. The summed E-state index contributed by atoms with van der Waals surface area (Å²) in [7, 11) is 4.28. The molecule has 0 aliphatic carbocycles. The Balaban J connectivity index is 2.11. The summed E-state index contributed by atoms with van der Waals surface area (Å²) >= 11 is 0. The Labute approximate surface area is 165 Å². The van der Waals surface area contributed by atoms with Crippen molar-refractivity contribution in [2.75, 3.05) is 26.2 Å². The minimum Gasteiger partial charge on any atom is -0.496 e. The molecule has 2 aromatic carbocycles. The summed E-state index contributed by atoms with van der Waals surface area (Å²) < 4.78 is 29.9. The predicted molar refractivity (Wildman–Crippen MR) is 101 cm³/mol. The highest BCUT2D eigenvalue weighted by atomic mass is 19.1. The van der Waals surface area contributed by atoms with Crippen LogP contribution in [0.15, 0.2) is 42.0 Å². The van der Waals surface area contributed by atoms with Crippen molar-refractivity contribution in [1.29, 1.82) is 0 Å². The Kier molecular flexibility index (Phi) is 5.49. The van der Waals surface area contributed by atoms with Crippen LogP contribution in [0.4, 0.5) is 14.9 Å². The van der Waals surface area contributed by atoms with Crippen molar-refractivity contribution < 1.29 is 33.0 Å². The number of hydrogen-bond acceptors (Lipinski definition) is 6. The van der Waals surface area contributed by atoms with Crippen molar-refractivity contribution in [1.82, 2.24) is 5.32 Å². The molecule has 1 aliphatic heterocycles. The van der Waals surface area contributed by atoms with Crippen molar-refractivity contribution in [3.63, 3.8) is 0 Å². The van der Waals surface area contributed by atoms with E-state index >= 15 is 0 Å². The molecule has 9 heteroatoms. The molecule has 29 heavy (non-hydrogen) atoms. The molecule has 0 bridgehead atoms. The van der Waals surface area contributed by atoms with Gasteiger partial charge in [-0.25, -0.2) is 14.1 Å². The van der Waals surface area contributed by atoms with Gasteiger partial charge in [-0.2, -0.15) is 0 Å². The van der Waals surface area contributed by atoms with E-state index in [0.717, 1.165) is 6.07 Å². The van der Waals surface area contributed by atoms with Gasteiger partial charge in [0.2, 0.25) is 0 Å². The number of imide groups is 2. The van der Waals surface area contributed by atoms with Crippen LogP contribution < -0.4 is 24.4 Å². The predicted octanol–water partition coefficient (Wildman–Crippen LogP) is 2.52. The number of para-hydroxylation sites is 1. The van der Waals surface area contributed by atoms with E-state index in [1.807, 2.05) is 5.32 Å². The van der Waals surface area contributed by atoms with Gasteiger partial charge in [0.05, 0.1) is 27.0 Å². The zero-order valence-electron chi connectivity index (χ0n) is 15.8. The number of hydrogen-bond donors (Lipinski definition) is 1. The Bertz CT molecular complexity index is 1030. The summed E-state index contributed by atoms with van der Waals surface area (Å²) in [5.41, 5.74) is -0.322. The summed E-state index contributed by atoms with van der Waals surface area (Å²) in [6.45, 7) is 0. The molecule has 1 saturated heterocycles. The standard InChI is InChI=1S/C20H17FN2O6/c1-27-15-10-17(29-3)16(28-2)9-11(15)8-12-18(24)22-20(26)23(19(12)25)14-7-5-4-6-13(14)21/h4-10H,1-3H3,(H,22,24,26). The van der Waals surface area contributed by atoms with Gasteiger partial charge in [0, 0.05) is 11.6 Å². The quantitative estimate of drug-likeness (QED) is 0.612. The summed E-state index contributed by atoms with van der Waals surface area (Å²) in [5, 5.41) is 2.04. The van der Waals surface area contributed by atoms with Crippen LogP contribution in [0.25, 0.3) is 6.08 Å². The molecule has 1 heterocycles. The van der Waals surface area contributed by atoms with Gasteiger partial charge in [-0.1, -0.05) is 12.1 Å². The first-order valence-electron chi connectivity index (χ1n) is 8.37. The molecule has 150 valence electrons. The van der Waals surface area contributed by atoms with E-state index in [2.05, 4.69) is 0 Å². The fourth-order valence-corrected chi connectivity index (χ4v) is 2.83. The number of halogens is 1. The van der Waals surface area contributed by atoms with Gasteiger partial charge in [-0.15, -0.1) is 0 Å².